The summed E-state index contributed by atoms with van der Waals surface area (Å²) in [7, 11) is 0. The lowest BCUT2D eigenvalue weighted by molar-refractivity contribution is 0.0493. The van der Waals surface area contributed by atoms with Crippen molar-refractivity contribution in [1.29, 1.82) is 0 Å². The fraction of sp³-hybridized carbons (Fsp3) is 0.333. The van der Waals surface area contributed by atoms with Crippen molar-refractivity contribution in [1.82, 2.24) is 14.8 Å². The van der Waals surface area contributed by atoms with Gasteiger partial charge in [-0.3, -0.25) is 4.57 Å². The predicted molar refractivity (Wildman–Crippen MR) is 105 cm³/mol. The van der Waals surface area contributed by atoms with E-state index in [9.17, 15) is 0 Å². The van der Waals surface area contributed by atoms with Crippen LogP contribution in [-0.2, 0) is 17.8 Å². The number of hydrogen-bond acceptors (Lipinski definition) is 5. The number of ether oxygens (including phenoxy) is 1. The van der Waals surface area contributed by atoms with Gasteiger partial charge in [0.1, 0.15) is 16.9 Å². The van der Waals surface area contributed by atoms with Crippen molar-refractivity contribution in [2.24, 2.45) is 0 Å². The molecule has 2 aromatic heterocycles. The van der Waals surface area contributed by atoms with Gasteiger partial charge in [0, 0.05) is 12.0 Å². The van der Waals surface area contributed by atoms with Crippen LogP contribution in [0.3, 0.4) is 0 Å². The Morgan fingerprint density at radius 3 is 2.89 bits per heavy atom. The largest absolute Gasteiger partial charge is 0.395 e. The molecule has 1 aromatic carbocycles. The van der Waals surface area contributed by atoms with Gasteiger partial charge in [-0.15, -0.1) is 21.5 Å². The van der Waals surface area contributed by atoms with Crippen molar-refractivity contribution in [3.8, 4) is 16.8 Å². The molecule has 3 aromatic rings. The Kier molecular flexibility index (Phi) is 5.08. The molecule has 0 spiro atoms. The summed E-state index contributed by atoms with van der Waals surface area (Å²) < 4.78 is 8.18. The highest BCUT2D eigenvalue weighted by molar-refractivity contribution is 7.15. The highest BCUT2D eigenvalue weighted by Gasteiger charge is 2.28. The Morgan fingerprint density at radius 1 is 1.30 bits per heavy atom. The number of benzene rings is 1. The Morgan fingerprint density at radius 2 is 2.11 bits per heavy atom. The Hall–Kier alpha value is -2.46. The monoisotopic (exact) mass is 379 g/mol. The summed E-state index contributed by atoms with van der Waals surface area (Å²) in [5, 5.41) is 18.7. The summed E-state index contributed by atoms with van der Waals surface area (Å²) in [6.07, 6.45) is 1.15. The lowest BCUT2D eigenvalue weighted by Gasteiger charge is -2.09. The molecular formula is C21H21N3O2S. The fourth-order valence-electron chi connectivity index (χ4n) is 3.28. The van der Waals surface area contributed by atoms with Gasteiger partial charge in [-0.2, -0.15) is 0 Å². The van der Waals surface area contributed by atoms with E-state index in [-0.39, 0.29) is 12.7 Å². The third-order valence-electron chi connectivity index (χ3n) is 4.65. The second-order valence-corrected chi connectivity index (χ2v) is 7.52. The molecular weight excluding hydrogens is 358 g/mol. The van der Waals surface area contributed by atoms with Crippen LogP contribution in [0.1, 0.15) is 52.7 Å². The average Bonchev–Trinajstić information content (AvgIpc) is 3.17. The molecule has 27 heavy (non-hydrogen) atoms. The minimum absolute atomic E-state index is 0.0709. The van der Waals surface area contributed by atoms with Crippen LogP contribution >= 0.6 is 11.3 Å². The first kappa shape index (κ1) is 17.9. The number of aryl methyl sites for hydroxylation is 1. The number of hydrogen-bond donors (Lipinski definition) is 1. The number of fused-ring (bicyclic) bond motifs is 3. The van der Waals surface area contributed by atoms with Gasteiger partial charge < -0.3 is 9.84 Å². The molecule has 0 fully saturated rings. The zero-order valence-corrected chi connectivity index (χ0v) is 16.2. The molecule has 0 bridgehead atoms. The maximum atomic E-state index is 9.08. The number of aliphatic hydroxyl groups excluding tert-OH is 1. The van der Waals surface area contributed by atoms with Crippen LogP contribution in [0.4, 0.5) is 0 Å². The number of nitrogens with zero attached hydrogens (tertiary/aromatic N) is 3. The summed E-state index contributed by atoms with van der Waals surface area (Å²) in [5.74, 6) is 8.02. The van der Waals surface area contributed by atoms with E-state index in [0.29, 0.717) is 13.0 Å². The molecule has 1 aliphatic rings. The molecule has 0 saturated heterocycles. The van der Waals surface area contributed by atoms with E-state index >= 15 is 0 Å². The van der Waals surface area contributed by atoms with E-state index in [1.165, 1.54) is 11.1 Å². The molecule has 4 rings (SSSR count). The minimum atomic E-state index is -0.112. The maximum Gasteiger partial charge on any atom is 0.167 e. The fourth-order valence-corrected chi connectivity index (χ4v) is 4.54. The molecule has 0 unspecified atom stereocenters. The van der Waals surface area contributed by atoms with Crippen molar-refractivity contribution < 1.29 is 9.84 Å². The van der Waals surface area contributed by atoms with Crippen LogP contribution < -0.4 is 0 Å². The summed E-state index contributed by atoms with van der Waals surface area (Å²) in [6.45, 7) is 4.57. The summed E-state index contributed by atoms with van der Waals surface area (Å²) in [5.41, 5.74) is 3.59. The Bertz CT molecular complexity index is 1010. The minimum Gasteiger partial charge on any atom is -0.395 e. The van der Waals surface area contributed by atoms with Crippen molar-refractivity contribution in [3.05, 3.63) is 63.5 Å². The Balaban J connectivity index is 1.87. The van der Waals surface area contributed by atoms with E-state index in [2.05, 4.69) is 50.9 Å². The lowest BCUT2D eigenvalue weighted by atomic mass is 10.0. The van der Waals surface area contributed by atoms with Crippen LogP contribution in [0.5, 0.6) is 0 Å². The van der Waals surface area contributed by atoms with Gasteiger partial charge in [0.05, 0.1) is 18.1 Å². The molecule has 1 N–H and O–H groups in total. The lowest BCUT2D eigenvalue weighted by Crippen LogP contribution is -2.04. The van der Waals surface area contributed by atoms with Crippen LogP contribution in [0.15, 0.2) is 30.3 Å². The topological polar surface area (TPSA) is 60.2 Å². The van der Waals surface area contributed by atoms with E-state index in [1.54, 1.807) is 11.3 Å². The van der Waals surface area contributed by atoms with Crippen molar-refractivity contribution in [2.75, 3.05) is 6.61 Å². The van der Waals surface area contributed by atoms with E-state index < -0.39 is 0 Å². The molecule has 0 saturated carbocycles. The van der Waals surface area contributed by atoms with Crippen molar-refractivity contribution in [3.63, 3.8) is 0 Å². The average molecular weight is 379 g/mol. The highest BCUT2D eigenvalue weighted by atomic mass is 32.1. The zero-order chi connectivity index (χ0) is 18.8. The van der Waals surface area contributed by atoms with Gasteiger partial charge in [-0.05, 0) is 31.4 Å². The molecule has 0 amide bonds. The van der Waals surface area contributed by atoms with Gasteiger partial charge >= 0.3 is 0 Å². The normalized spacial score (nSPS) is 15.4. The molecule has 1 aliphatic heterocycles. The smallest absolute Gasteiger partial charge is 0.167 e. The SMILES string of the molecule is Cc1nnc2n1-c1sc(C#CCCO)c(Cc3ccccc3)c1CO[C@H]2C. The van der Waals surface area contributed by atoms with E-state index in [1.807, 2.05) is 19.9 Å². The van der Waals surface area contributed by atoms with Gasteiger partial charge in [-0.1, -0.05) is 42.2 Å². The van der Waals surface area contributed by atoms with Crippen LogP contribution in [-0.4, -0.2) is 26.5 Å². The van der Waals surface area contributed by atoms with Crippen LogP contribution in [0.2, 0.25) is 0 Å². The highest BCUT2D eigenvalue weighted by Crippen LogP contribution is 2.39. The van der Waals surface area contributed by atoms with Gasteiger partial charge in [0.2, 0.25) is 0 Å². The predicted octanol–water partition coefficient (Wildman–Crippen LogP) is 3.55. The molecule has 5 nitrogen and oxygen atoms in total. The molecule has 6 heteroatoms. The molecule has 3 heterocycles. The second-order valence-electron chi connectivity index (χ2n) is 6.53. The number of aliphatic hydroxyl groups is 1. The standard InChI is InChI=1S/C21H21N3O2S/c1-14-20-23-22-15(2)24(20)21-18(13-26-14)17(12-16-8-4-3-5-9-16)19(27-21)10-6-7-11-25/h3-5,8-9,14,25H,7,11-13H2,1-2H3/t14-/m0/s1. The van der Waals surface area contributed by atoms with Gasteiger partial charge in [0.25, 0.3) is 0 Å². The molecule has 138 valence electrons. The van der Waals surface area contributed by atoms with Crippen LogP contribution in [0.25, 0.3) is 5.00 Å². The molecule has 0 radical (unpaired) electrons. The molecule has 0 aliphatic carbocycles. The zero-order valence-electron chi connectivity index (χ0n) is 15.4. The van der Waals surface area contributed by atoms with Crippen molar-refractivity contribution in [2.45, 2.75) is 39.4 Å². The quantitative estimate of drug-likeness (QED) is 0.707. The van der Waals surface area contributed by atoms with E-state index in [4.69, 9.17) is 9.84 Å². The third kappa shape index (κ3) is 3.42. The number of aromatic nitrogens is 3. The van der Waals surface area contributed by atoms with Crippen molar-refractivity contribution >= 4 is 11.3 Å². The second kappa shape index (κ2) is 7.65. The third-order valence-corrected chi connectivity index (χ3v) is 5.83. The summed E-state index contributed by atoms with van der Waals surface area (Å²) in [6, 6.07) is 10.4. The number of thiophene rings is 1. The Labute approximate surface area is 162 Å². The summed E-state index contributed by atoms with van der Waals surface area (Å²) >= 11 is 1.66. The van der Waals surface area contributed by atoms with Gasteiger partial charge in [0.15, 0.2) is 5.82 Å². The first-order chi connectivity index (χ1) is 13.2. The van der Waals surface area contributed by atoms with Crippen LogP contribution in [0, 0.1) is 18.8 Å². The number of rotatable bonds is 3. The molecule has 1 atom stereocenters. The van der Waals surface area contributed by atoms with E-state index in [0.717, 1.165) is 33.5 Å². The first-order valence-electron chi connectivity index (χ1n) is 9.01. The van der Waals surface area contributed by atoms with Gasteiger partial charge in [-0.25, -0.2) is 0 Å². The first-order valence-corrected chi connectivity index (χ1v) is 9.82. The summed E-state index contributed by atoms with van der Waals surface area (Å²) in [4.78, 5) is 1.02. The maximum absolute atomic E-state index is 9.08.